The Morgan fingerprint density at radius 3 is 2.48 bits per heavy atom. The van der Waals surface area contributed by atoms with E-state index in [-0.39, 0.29) is 11.4 Å². The van der Waals surface area contributed by atoms with E-state index < -0.39 is 0 Å². The maximum atomic E-state index is 12.4. The number of ether oxygens (including phenoxy) is 1. The lowest BCUT2D eigenvalue weighted by Gasteiger charge is -2.21. The van der Waals surface area contributed by atoms with Gasteiger partial charge in [0.25, 0.3) is 0 Å². The number of aromatic nitrogens is 1. The van der Waals surface area contributed by atoms with Crippen LogP contribution in [-0.4, -0.2) is 43.2 Å². The van der Waals surface area contributed by atoms with Crippen LogP contribution >= 0.6 is 0 Å². The smallest absolute Gasteiger partial charge is 0.317 e. The number of carbonyl (C=O) groups is 1. The van der Waals surface area contributed by atoms with E-state index >= 15 is 0 Å². The van der Waals surface area contributed by atoms with Gasteiger partial charge in [0, 0.05) is 37.9 Å². The monoisotopic (exact) mass is 339 g/mol. The zero-order valence-corrected chi connectivity index (χ0v) is 14.9. The van der Waals surface area contributed by atoms with Gasteiger partial charge in [-0.1, -0.05) is 12.1 Å². The average molecular weight is 339 g/mol. The van der Waals surface area contributed by atoms with E-state index in [1.54, 1.807) is 24.4 Å². The highest BCUT2D eigenvalue weighted by Gasteiger charge is 2.44. The van der Waals surface area contributed by atoms with E-state index in [4.69, 9.17) is 4.74 Å². The van der Waals surface area contributed by atoms with Crippen LogP contribution in [0.25, 0.3) is 0 Å². The van der Waals surface area contributed by atoms with Crippen LogP contribution in [0.5, 0.6) is 5.75 Å². The second kappa shape index (κ2) is 7.55. The number of urea groups is 1. The van der Waals surface area contributed by atoms with Gasteiger partial charge in [-0.25, -0.2) is 4.79 Å². The van der Waals surface area contributed by atoms with Gasteiger partial charge >= 0.3 is 6.03 Å². The highest BCUT2D eigenvalue weighted by molar-refractivity contribution is 5.74. The first-order valence-electron chi connectivity index (χ1n) is 8.65. The summed E-state index contributed by atoms with van der Waals surface area (Å²) in [4.78, 5) is 18.1. The Kier molecular flexibility index (Phi) is 5.22. The number of methoxy groups -OCH3 is 1. The van der Waals surface area contributed by atoms with Crippen molar-refractivity contribution in [3.63, 3.8) is 0 Å². The summed E-state index contributed by atoms with van der Waals surface area (Å²) in [6.45, 7) is 1.36. The lowest BCUT2D eigenvalue weighted by atomic mass is 9.96. The summed E-state index contributed by atoms with van der Waals surface area (Å²) in [5, 5.41) is 3.09. The molecule has 1 aromatic heterocycles. The van der Waals surface area contributed by atoms with Crippen molar-refractivity contribution in [2.75, 3.05) is 27.2 Å². The molecule has 1 N–H and O–H groups in total. The fourth-order valence-electron chi connectivity index (χ4n) is 2.99. The molecule has 1 heterocycles. The predicted molar refractivity (Wildman–Crippen MR) is 97.9 cm³/mol. The molecule has 2 amide bonds. The molecule has 0 unspecified atom stereocenters. The number of hydrogen-bond acceptors (Lipinski definition) is 3. The van der Waals surface area contributed by atoms with Gasteiger partial charge in [-0.05, 0) is 54.7 Å². The normalized spacial score (nSPS) is 14.6. The number of nitrogens with one attached hydrogen (secondary N) is 1. The molecule has 0 bridgehead atoms. The highest BCUT2D eigenvalue weighted by atomic mass is 16.5. The molecule has 5 heteroatoms. The number of likely N-dealkylation sites (N-methyl/N-ethyl adjacent to an activating group) is 1. The number of hydrogen-bond donors (Lipinski definition) is 1. The molecule has 1 aliphatic carbocycles. The van der Waals surface area contributed by atoms with Crippen molar-refractivity contribution < 1.29 is 9.53 Å². The van der Waals surface area contributed by atoms with Crippen molar-refractivity contribution in [1.82, 2.24) is 15.2 Å². The summed E-state index contributed by atoms with van der Waals surface area (Å²) in [5.74, 6) is 0.861. The molecule has 2 aromatic rings. The largest absolute Gasteiger partial charge is 0.497 e. The van der Waals surface area contributed by atoms with Crippen LogP contribution in [0.4, 0.5) is 4.79 Å². The lowest BCUT2D eigenvalue weighted by molar-refractivity contribution is 0.208. The molecule has 3 rings (SSSR count). The zero-order chi connectivity index (χ0) is 17.7. The summed E-state index contributed by atoms with van der Waals surface area (Å²) in [6.07, 6.45) is 6.61. The average Bonchev–Trinajstić information content (AvgIpc) is 3.46. The third kappa shape index (κ3) is 4.29. The van der Waals surface area contributed by atoms with Gasteiger partial charge in [-0.15, -0.1) is 0 Å². The minimum atomic E-state index is -0.0196. The Hall–Kier alpha value is -2.56. The molecule has 0 radical (unpaired) electrons. The van der Waals surface area contributed by atoms with Crippen LogP contribution in [0.1, 0.15) is 24.0 Å². The van der Waals surface area contributed by atoms with Crippen molar-refractivity contribution in [3.8, 4) is 5.75 Å². The fraction of sp³-hybridized carbons (Fsp3) is 0.400. The first-order chi connectivity index (χ1) is 12.1. The van der Waals surface area contributed by atoms with Gasteiger partial charge in [0.15, 0.2) is 0 Å². The maximum Gasteiger partial charge on any atom is 0.317 e. The minimum absolute atomic E-state index is 0.0196. The van der Waals surface area contributed by atoms with E-state index in [2.05, 4.69) is 22.4 Å². The third-order valence-electron chi connectivity index (χ3n) is 4.97. The van der Waals surface area contributed by atoms with Gasteiger partial charge in [0.1, 0.15) is 5.75 Å². The summed E-state index contributed by atoms with van der Waals surface area (Å²) < 4.78 is 5.21. The second-order valence-corrected chi connectivity index (χ2v) is 6.69. The molecular weight excluding hydrogens is 314 g/mol. The topological polar surface area (TPSA) is 54.5 Å². The Morgan fingerprint density at radius 1 is 1.20 bits per heavy atom. The Balaban J connectivity index is 1.49. The molecule has 5 nitrogen and oxygen atoms in total. The van der Waals surface area contributed by atoms with Crippen molar-refractivity contribution >= 4 is 6.03 Å². The quantitative estimate of drug-likeness (QED) is 0.844. The molecule has 132 valence electrons. The second-order valence-electron chi connectivity index (χ2n) is 6.69. The molecule has 1 aromatic carbocycles. The molecule has 1 fully saturated rings. The highest BCUT2D eigenvalue weighted by Crippen LogP contribution is 2.47. The molecule has 1 aliphatic rings. The molecule has 0 aliphatic heterocycles. The molecule has 25 heavy (non-hydrogen) atoms. The number of pyridine rings is 1. The van der Waals surface area contributed by atoms with E-state index in [1.165, 1.54) is 11.1 Å². The van der Waals surface area contributed by atoms with E-state index in [0.717, 1.165) is 25.0 Å². The number of carbonyl (C=O) groups excluding carboxylic acids is 1. The van der Waals surface area contributed by atoms with Crippen LogP contribution in [0.3, 0.4) is 0 Å². The van der Waals surface area contributed by atoms with E-state index in [9.17, 15) is 4.79 Å². The van der Waals surface area contributed by atoms with Crippen LogP contribution in [0, 0.1) is 0 Å². The minimum Gasteiger partial charge on any atom is -0.497 e. The van der Waals surface area contributed by atoms with Gasteiger partial charge < -0.3 is 15.0 Å². The number of amides is 2. The van der Waals surface area contributed by atoms with Crippen molar-refractivity contribution in [3.05, 3.63) is 59.9 Å². The fourth-order valence-corrected chi connectivity index (χ4v) is 2.99. The van der Waals surface area contributed by atoms with Crippen LogP contribution in [0.15, 0.2) is 48.8 Å². The molecular formula is C20H25N3O2. The van der Waals surface area contributed by atoms with Crippen LogP contribution < -0.4 is 10.1 Å². The first kappa shape index (κ1) is 17.3. The zero-order valence-electron chi connectivity index (χ0n) is 14.9. The van der Waals surface area contributed by atoms with Crippen LogP contribution in [0.2, 0.25) is 0 Å². The van der Waals surface area contributed by atoms with Crippen LogP contribution in [-0.2, 0) is 11.8 Å². The standard InChI is InChI=1S/C20H25N3O2/c1-23(14-9-16-7-12-21-13-8-16)19(24)22-15-20(10-11-20)17-3-5-18(25-2)6-4-17/h3-8,12-13H,9-11,14-15H2,1-2H3,(H,22,24). The van der Waals surface area contributed by atoms with Gasteiger partial charge in [-0.2, -0.15) is 0 Å². The molecule has 1 saturated carbocycles. The van der Waals surface area contributed by atoms with Crippen molar-refractivity contribution in [1.29, 1.82) is 0 Å². The number of nitrogens with zero attached hydrogens (tertiary/aromatic N) is 2. The summed E-state index contributed by atoms with van der Waals surface area (Å²) >= 11 is 0. The Morgan fingerprint density at radius 2 is 1.88 bits per heavy atom. The van der Waals surface area contributed by atoms with Gasteiger partial charge in [0.2, 0.25) is 0 Å². The third-order valence-corrected chi connectivity index (χ3v) is 4.97. The Labute approximate surface area is 149 Å². The van der Waals surface area contributed by atoms with Gasteiger partial charge in [-0.3, -0.25) is 4.98 Å². The maximum absolute atomic E-state index is 12.4. The first-order valence-corrected chi connectivity index (χ1v) is 8.65. The Bertz CT molecular complexity index is 697. The summed E-state index contributed by atoms with van der Waals surface area (Å²) in [7, 11) is 3.51. The summed E-state index contributed by atoms with van der Waals surface area (Å²) in [5.41, 5.74) is 2.55. The predicted octanol–water partition coefficient (Wildman–Crippen LogP) is 3.01. The lowest BCUT2D eigenvalue weighted by Crippen LogP contribution is -2.41. The van der Waals surface area contributed by atoms with Crippen molar-refractivity contribution in [2.24, 2.45) is 0 Å². The number of benzene rings is 1. The summed E-state index contributed by atoms with van der Waals surface area (Å²) in [6, 6.07) is 12.1. The number of rotatable bonds is 7. The molecule has 0 saturated heterocycles. The molecule has 0 atom stereocenters. The van der Waals surface area contributed by atoms with Crippen molar-refractivity contribution in [2.45, 2.75) is 24.7 Å². The van der Waals surface area contributed by atoms with E-state index in [0.29, 0.717) is 13.1 Å². The van der Waals surface area contributed by atoms with E-state index in [1.807, 2.05) is 31.3 Å². The van der Waals surface area contributed by atoms with Gasteiger partial charge in [0.05, 0.1) is 7.11 Å². The molecule has 0 spiro atoms. The SMILES string of the molecule is COc1ccc(C2(CNC(=O)N(C)CCc3ccncc3)CC2)cc1.